The van der Waals surface area contributed by atoms with Crippen molar-refractivity contribution in [1.29, 1.82) is 0 Å². The highest BCUT2D eigenvalue weighted by molar-refractivity contribution is 7.98. The molecule has 0 aliphatic heterocycles. The predicted molar refractivity (Wildman–Crippen MR) is 102 cm³/mol. The minimum absolute atomic E-state index is 0.0978. The van der Waals surface area contributed by atoms with Gasteiger partial charge >= 0.3 is 5.97 Å². The first-order valence-electron chi connectivity index (χ1n) is 7.22. The van der Waals surface area contributed by atoms with Gasteiger partial charge in [-0.15, -0.1) is 0 Å². The summed E-state index contributed by atoms with van der Waals surface area (Å²) in [5.41, 5.74) is 5.91. The molecule has 0 heterocycles. The molecule has 0 radical (unpaired) electrons. The van der Waals surface area contributed by atoms with Gasteiger partial charge in [0, 0.05) is 11.4 Å². The largest absolute Gasteiger partial charge is 0.480 e. The van der Waals surface area contributed by atoms with E-state index in [9.17, 15) is 18.0 Å². The number of rotatable bonds is 10. The molecule has 0 fully saturated rings. The van der Waals surface area contributed by atoms with Crippen LogP contribution in [-0.4, -0.2) is 55.2 Å². The Morgan fingerprint density at radius 1 is 1.32 bits per heavy atom. The van der Waals surface area contributed by atoms with E-state index in [0.717, 1.165) is 0 Å². The van der Waals surface area contributed by atoms with E-state index in [2.05, 4.69) is 22.7 Å². The fourth-order valence-corrected chi connectivity index (χ4v) is 3.62. The van der Waals surface area contributed by atoms with E-state index in [0.29, 0.717) is 11.4 Å². The second kappa shape index (κ2) is 10.0. The van der Waals surface area contributed by atoms with Crippen LogP contribution in [0.25, 0.3) is 0 Å². The molecule has 1 aromatic rings. The lowest BCUT2D eigenvalue weighted by Gasteiger charge is -2.15. The number of hydrogen-bond acceptors (Lipinski definition) is 7. The number of carbonyl (C=O) groups is 2. The minimum Gasteiger partial charge on any atom is -0.480 e. The zero-order valence-electron chi connectivity index (χ0n) is 13.5. The highest BCUT2D eigenvalue weighted by atomic mass is 32.2. The van der Waals surface area contributed by atoms with Gasteiger partial charge in [0.1, 0.15) is 6.04 Å². The third kappa shape index (κ3) is 6.86. The van der Waals surface area contributed by atoms with Crippen molar-refractivity contribution in [3.8, 4) is 0 Å². The molecule has 25 heavy (non-hydrogen) atoms. The Morgan fingerprint density at radius 2 is 1.92 bits per heavy atom. The van der Waals surface area contributed by atoms with Crippen LogP contribution in [0, 0.1) is 0 Å². The Bertz CT molecular complexity index is 694. The number of hydrogen-bond donors (Lipinski definition) is 5. The number of amides is 1. The molecule has 0 aliphatic carbocycles. The number of carbonyl (C=O) groups excluding carboxylic acids is 1. The highest BCUT2D eigenvalue weighted by Crippen LogP contribution is 2.15. The molecule has 0 saturated heterocycles. The Labute approximate surface area is 156 Å². The molecule has 1 aromatic carbocycles. The van der Waals surface area contributed by atoms with Gasteiger partial charge in [0.25, 0.3) is 0 Å². The highest BCUT2D eigenvalue weighted by Gasteiger charge is 2.25. The molecule has 0 bridgehead atoms. The maximum absolute atomic E-state index is 12.3. The van der Waals surface area contributed by atoms with Crippen LogP contribution in [0.15, 0.2) is 29.2 Å². The number of thiol groups is 1. The average Bonchev–Trinajstić information content (AvgIpc) is 2.57. The smallest absolute Gasteiger partial charge is 0.321 e. The molecule has 0 spiro atoms. The van der Waals surface area contributed by atoms with E-state index in [1.54, 1.807) is 6.26 Å². The van der Waals surface area contributed by atoms with Crippen LogP contribution in [-0.2, 0) is 19.6 Å². The number of nitrogens with one attached hydrogen (secondary N) is 2. The van der Waals surface area contributed by atoms with E-state index >= 15 is 0 Å². The Hall–Kier alpha value is -1.27. The third-order valence-corrected chi connectivity index (χ3v) is 5.70. The second-order valence-corrected chi connectivity index (χ2v) is 8.16. The van der Waals surface area contributed by atoms with Crippen molar-refractivity contribution in [2.24, 2.45) is 5.73 Å². The number of sulfonamides is 1. The van der Waals surface area contributed by atoms with Crippen LogP contribution in [0.1, 0.15) is 6.42 Å². The van der Waals surface area contributed by atoms with E-state index in [1.165, 1.54) is 36.0 Å². The Balaban J connectivity index is 2.85. The SMILES string of the molecule is CSCC[C@H](NS(=O)(=O)c1ccc(NC(=O)[C@@H](N)CS)cc1)C(=O)O. The molecule has 2 atom stereocenters. The van der Waals surface area contributed by atoms with Crippen molar-refractivity contribution in [2.45, 2.75) is 23.4 Å². The molecule has 0 aromatic heterocycles. The maximum atomic E-state index is 12.3. The molecule has 1 amide bonds. The summed E-state index contributed by atoms with van der Waals surface area (Å²) < 4.78 is 26.8. The molecule has 11 heteroatoms. The molecule has 5 N–H and O–H groups in total. The summed E-state index contributed by atoms with van der Waals surface area (Å²) in [6.45, 7) is 0. The molecular weight excluding hydrogens is 386 g/mol. The molecule has 1 rings (SSSR count). The lowest BCUT2D eigenvalue weighted by molar-refractivity contribution is -0.139. The minimum atomic E-state index is -3.99. The average molecular weight is 408 g/mol. The Morgan fingerprint density at radius 3 is 2.40 bits per heavy atom. The van der Waals surface area contributed by atoms with Crippen LogP contribution < -0.4 is 15.8 Å². The summed E-state index contributed by atoms with van der Waals surface area (Å²) in [6, 6.07) is 3.37. The summed E-state index contributed by atoms with van der Waals surface area (Å²) in [7, 11) is -3.99. The quantitative estimate of drug-likeness (QED) is 0.353. The summed E-state index contributed by atoms with van der Waals surface area (Å²) in [5.74, 6) is -0.987. The monoisotopic (exact) mass is 407 g/mol. The van der Waals surface area contributed by atoms with E-state index in [4.69, 9.17) is 10.8 Å². The number of thioether (sulfide) groups is 1. The normalized spacial score (nSPS) is 13.9. The first-order valence-corrected chi connectivity index (χ1v) is 10.7. The topological polar surface area (TPSA) is 139 Å². The Kier molecular flexibility index (Phi) is 8.73. The van der Waals surface area contributed by atoms with Gasteiger partial charge in [-0.25, -0.2) is 8.42 Å². The van der Waals surface area contributed by atoms with Gasteiger partial charge < -0.3 is 16.2 Å². The van der Waals surface area contributed by atoms with Crippen LogP contribution >= 0.6 is 24.4 Å². The number of carboxylic acids is 1. The van der Waals surface area contributed by atoms with Gasteiger partial charge in [-0.2, -0.15) is 29.1 Å². The van der Waals surface area contributed by atoms with Gasteiger partial charge in [-0.1, -0.05) is 0 Å². The van der Waals surface area contributed by atoms with Crippen LogP contribution in [0.3, 0.4) is 0 Å². The van der Waals surface area contributed by atoms with Crippen molar-refractivity contribution < 1.29 is 23.1 Å². The number of nitrogens with two attached hydrogens (primary N) is 1. The molecule has 140 valence electrons. The molecule has 8 nitrogen and oxygen atoms in total. The summed E-state index contributed by atoms with van der Waals surface area (Å²) in [4.78, 5) is 22.7. The molecular formula is C14H21N3O5S3. The lowest BCUT2D eigenvalue weighted by Crippen LogP contribution is -2.41. The number of anilines is 1. The standard InChI is InChI=1S/C14H21N3O5S3/c1-24-7-6-12(14(19)20)17-25(21,22)10-4-2-9(3-5-10)16-13(18)11(15)8-23/h2-5,11-12,17,23H,6-8,15H2,1H3,(H,16,18)(H,19,20)/t11-,12-/m0/s1. The molecule has 0 aliphatic rings. The molecule has 0 unspecified atom stereocenters. The number of aliphatic carboxylic acids is 1. The van der Waals surface area contributed by atoms with E-state index < -0.39 is 34.0 Å². The first-order chi connectivity index (χ1) is 11.7. The second-order valence-electron chi connectivity index (χ2n) is 5.10. The maximum Gasteiger partial charge on any atom is 0.321 e. The van der Waals surface area contributed by atoms with Crippen LogP contribution in [0.5, 0.6) is 0 Å². The lowest BCUT2D eigenvalue weighted by atomic mass is 10.2. The van der Waals surface area contributed by atoms with Gasteiger partial charge in [0.05, 0.1) is 10.9 Å². The van der Waals surface area contributed by atoms with Crippen molar-refractivity contribution in [3.63, 3.8) is 0 Å². The van der Waals surface area contributed by atoms with Gasteiger partial charge in [-0.3, -0.25) is 9.59 Å². The predicted octanol–water partition coefficient (Wildman–Crippen LogP) is 0.367. The van der Waals surface area contributed by atoms with E-state index in [-0.39, 0.29) is 17.1 Å². The van der Waals surface area contributed by atoms with Crippen molar-refractivity contribution in [3.05, 3.63) is 24.3 Å². The third-order valence-electron chi connectivity index (χ3n) is 3.17. The summed E-state index contributed by atoms with van der Waals surface area (Å²) in [5, 5.41) is 11.7. The zero-order chi connectivity index (χ0) is 19.0. The van der Waals surface area contributed by atoms with Crippen LogP contribution in [0.4, 0.5) is 5.69 Å². The van der Waals surface area contributed by atoms with Gasteiger partial charge in [0.15, 0.2) is 0 Å². The van der Waals surface area contributed by atoms with Crippen LogP contribution in [0.2, 0.25) is 0 Å². The van der Waals surface area contributed by atoms with Crippen molar-refractivity contribution in [1.82, 2.24) is 4.72 Å². The first kappa shape index (κ1) is 21.8. The molecule has 0 saturated carbocycles. The number of carboxylic acid groups (broad SMARTS) is 1. The van der Waals surface area contributed by atoms with E-state index in [1.807, 2.05) is 0 Å². The van der Waals surface area contributed by atoms with Gasteiger partial charge in [-0.05, 0) is 42.7 Å². The number of benzene rings is 1. The summed E-state index contributed by atoms with van der Waals surface area (Å²) >= 11 is 5.35. The fourth-order valence-electron chi connectivity index (χ4n) is 1.76. The zero-order valence-corrected chi connectivity index (χ0v) is 16.0. The van der Waals surface area contributed by atoms with Crippen molar-refractivity contribution >= 4 is 52.0 Å². The van der Waals surface area contributed by atoms with Crippen molar-refractivity contribution in [2.75, 3.05) is 23.1 Å². The summed E-state index contributed by atoms with van der Waals surface area (Å²) in [6.07, 6.45) is 1.98. The fraction of sp³-hybridized carbons (Fsp3) is 0.429. The van der Waals surface area contributed by atoms with Gasteiger partial charge in [0.2, 0.25) is 15.9 Å².